The van der Waals surface area contributed by atoms with Crippen molar-refractivity contribution >= 4 is 34.4 Å². The van der Waals surface area contributed by atoms with Gasteiger partial charge in [-0.15, -0.1) is 0 Å². The number of rotatable bonds is 5. The molecule has 0 bridgehead atoms. The molecule has 1 atom stereocenters. The summed E-state index contributed by atoms with van der Waals surface area (Å²) in [5.41, 5.74) is 9.75. The number of hydrogen-bond acceptors (Lipinski definition) is 4. The lowest BCUT2D eigenvalue weighted by Crippen LogP contribution is -2.18. The van der Waals surface area contributed by atoms with E-state index in [-0.39, 0.29) is 6.04 Å². The molecule has 3 rings (SSSR count). The number of anilines is 1. The SMILES string of the molecule is Cc1c(C[C@H](C)N)c(Cl)n2nc(Cl)cc(NCc3ccco3)c12. The molecule has 3 N–H and O–H groups in total. The zero-order valence-electron chi connectivity index (χ0n) is 12.9. The van der Waals surface area contributed by atoms with Crippen LogP contribution in [0, 0.1) is 6.92 Å². The number of halogens is 2. The maximum atomic E-state index is 6.49. The Morgan fingerprint density at radius 2 is 2.22 bits per heavy atom. The first-order valence-corrected chi connectivity index (χ1v) is 8.11. The van der Waals surface area contributed by atoms with E-state index in [4.69, 9.17) is 33.4 Å². The summed E-state index contributed by atoms with van der Waals surface area (Å²) in [6, 6.07) is 5.57. The van der Waals surface area contributed by atoms with Crippen LogP contribution in [0.25, 0.3) is 5.52 Å². The Hall–Kier alpha value is -1.69. The predicted molar refractivity (Wildman–Crippen MR) is 93.3 cm³/mol. The second-order valence-corrected chi connectivity index (χ2v) is 6.40. The van der Waals surface area contributed by atoms with Crippen LogP contribution >= 0.6 is 23.2 Å². The molecule has 3 aromatic rings. The normalized spacial score (nSPS) is 12.7. The summed E-state index contributed by atoms with van der Waals surface area (Å²) in [5.74, 6) is 0.835. The highest BCUT2D eigenvalue weighted by atomic mass is 35.5. The molecule has 0 unspecified atom stereocenters. The second kappa shape index (κ2) is 6.43. The van der Waals surface area contributed by atoms with Crippen LogP contribution in [0.3, 0.4) is 0 Å². The molecule has 0 radical (unpaired) electrons. The summed E-state index contributed by atoms with van der Waals surface area (Å²) < 4.78 is 7.02. The summed E-state index contributed by atoms with van der Waals surface area (Å²) in [6.45, 7) is 4.52. The lowest BCUT2D eigenvalue weighted by atomic mass is 10.1. The van der Waals surface area contributed by atoms with Crippen molar-refractivity contribution in [3.05, 3.63) is 51.7 Å². The van der Waals surface area contributed by atoms with Gasteiger partial charge in [0.05, 0.1) is 24.0 Å². The van der Waals surface area contributed by atoms with Gasteiger partial charge in [-0.3, -0.25) is 0 Å². The molecule has 0 spiro atoms. The molecule has 0 aliphatic heterocycles. The molecule has 0 saturated heterocycles. The molecule has 0 aliphatic rings. The minimum atomic E-state index is 0.0126. The minimum Gasteiger partial charge on any atom is -0.467 e. The second-order valence-electron chi connectivity index (χ2n) is 5.65. The van der Waals surface area contributed by atoms with Crippen LogP contribution in [0.15, 0.2) is 28.9 Å². The van der Waals surface area contributed by atoms with Crippen LogP contribution < -0.4 is 11.1 Å². The summed E-state index contributed by atoms with van der Waals surface area (Å²) in [6.07, 6.45) is 2.33. The average Bonchev–Trinajstić information content (AvgIpc) is 3.08. The third-order valence-electron chi connectivity index (χ3n) is 3.73. The molecule has 23 heavy (non-hydrogen) atoms. The first kappa shape index (κ1) is 16.2. The average molecular weight is 353 g/mol. The van der Waals surface area contributed by atoms with Gasteiger partial charge in [0.2, 0.25) is 0 Å². The number of aryl methyl sites for hydroxylation is 1. The largest absolute Gasteiger partial charge is 0.467 e. The van der Waals surface area contributed by atoms with Crippen molar-refractivity contribution in [3.8, 4) is 0 Å². The van der Waals surface area contributed by atoms with Gasteiger partial charge >= 0.3 is 0 Å². The van der Waals surface area contributed by atoms with E-state index in [0.29, 0.717) is 23.3 Å². The third kappa shape index (κ3) is 3.17. The van der Waals surface area contributed by atoms with Crippen LogP contribution in [0.5, 0.6) is 0 Å². The van der Waals surface area contributed by atoms with Crippen molar-refractivity contribution in [2.75, 3.05) is 5.32 Å². The van der Waals surface area contributed by atoms with Gasteiger partial charge in [0.25, 0.3) is 0 Å². The zero-order valence-corrected chi connectivity index (χ0v) is 14.4. The maximum Gasteiger partial charge on any atom is 0.152 e. The van der Waals surface area contributed by atoms with E-state index >= 15 is 0 Å². The van der Waals surface area contributed by atoms with E-state index in [2.05, 4.69) is 10.4 Å². The lowest BCUT2D eigenvalue weighted by molar-refractivity contribution is 0.518. The third-order valence-corrected chi connectivity index (χ3v) is 4.30. The number of nitrogens with one attached hydrogen (secondary N) is 1. The van der Waals surface area contributed by atoms with Crippen LogP contribution in [0.1, 0.15) is 23.8 Å². The highest BCUT2D eigenvalue weighted by Crippen LogP contribution is 2.33. The summed E-state index contributed by atoms with van der Waals surface area (Å²) >= 11 is 12.6. The molecule has 0 aliphatic carbocycles. The Balaban J connectivity index is 2.06. The molecular weight excluding hydrogens is 335 g/mol. The Bertz CT molecular complexity index is 825. The van der Waals surface area contributed by atoms with E-state index in [1.165, 1.54) is 0 Å². The topological polar surface area (TPSA) is 68.5 Å². The number of nitrogens with two attached hydrogens (primary N) is 1. The maximum absolute atomic E-state index is 6.49. The molecule has 5 nitrogen and oxygen atoms in total. The van der Waals surface area contributed by atoms with Gasteiger partial charge in [-0.2, -0.15) is 5.10 Å². The molecule has 0 saturated carbocycles. The van der Waals surface area contributed by atoms with E-state index in [9.17, 15) is 0 Å². The van der Waals surface area contributed by atoms with Crippen molar-refractivity contribution in [2.45, 2.75) is 32.9 Å². The fourth-order valence-electron chi connectivity index (χ4n) is 2.69. The summed E-state index contributed by atoms with van der Waals surface area (Å²) in [7, 11) is 0. The number of hydrogen-bond donors (Lipinski definition) is 2. The number of aromatic nitrogens is 2. The molecule has 122 valence electrons. The quantitative estimate of drug-likeness (QED) is 0.726. The van der Waals surface area contributed by atoms with Crippen LogP contribution in [0.2, 0.25) is 10.3 Å². The Morgan fingerprint density at radius 1 is 1.43 bits per heavy atom. The molecule has 0 amide bonds. The fraction of sp³-hybridized carbons (Fsp3) is 0.312. The van der Waals surface area contributed by atoms with Crippen molar-refractivity contribution < 1.29 is 4.42 Å². The monoisotopic (exact) mass is 352 g/mol. The van der Waals surface area contributed by atoms with Crippen LogP contribution in [-0.2, 0) is 13.0 Å². The highest BCUT2D eigenvalue weighted by molar-refractivity contribution is 6.32. The van der Waals surface area contributed by atoms with Gasteiger partial charge in [0.15, 0.2) is 5.15 Å². The molecule has 3 heterocycles. The van der Waals surface area contributed by atoms with Crippen LogP contribution in [-0.4, -0.2) is 15.7 Å². The molecule has 0 fully saturated rings. The van der Waals surface area contributed by atoms with Gasteiger partial charge in [0.1, 0.15) is 10.9 Å². The van der Waals surface area contributed by atoms with Crippen molar-refractivity contribution in [2.24, 2.45) is 5.73 Å². The molecular formula is C16H18Cl2N4O. The van der Waals surface area contributed by atoms with Crippen molar-refractivity contribution in [1.29, 1.82) is 0 Å². The van der Waals surface area contributed by atoms with Crippen molar-refractivity contribution in [1.82, 2.24) is 9.61 Å². The van der Waals surface area contributed by atoms with Gasteiger partial charge < -0.3 is 15.5 Å². The number of fused-ring (bicyclic) bond motifs is 1. The van der Waals surface area contributed by atoms with E-state index in [1.807, 2.05) is 26.0 Å². The standard InChI is InChI=1S/C16H18Cl2N4O/c1-9(19)6-12-10(2)15-13(20-8-11-4-3-5-23-11)7-14(17)21-22(15)16(12)18/h3-5,7,9,20H,6,8,19H2,1-2H3/t9-/m0/s1. The molecule has 0 aromatic carbocycles. The van der Waals surface area contributed by atoms with E-state index in [1.54, 1.807) is 16.8 Å². The Morgan fingerprint density at radius 3 is 2.87 bits per heavy atom. The van der Waals surface area contributed by atoms with Gasteiger partial charge in [-0.25, -0.2) is 4.52 Å². The minimum absolute atomic E-state index is 0.0126. The highest BCUT2D eigenvalue weighted by Gasteiger charge is 2.19. The van der Waals surface area contributed by atoms with Gasteiger partial charge in [0, 0.05) is 12.1 Å². The Kier molecular flexibility index (Phi) is 4.53. The van der Waals surface area contributed by atoms with Crippen molar-refractivity contribution in [3.63, 3.8) is 0 Å². The van der Waals surface area contributed by atoms with E-state index in [0.717, 1.165) is 28.1 Å². The summed E-state index contributed by atoms with van der Waals surface area (Å²) in [5, 5.41) is 8.57. The van der Waals surface area contributed by atoms with Gasteiger partial charge in [-0.05, 0) is 43.5 Å². The summed E-state index contributed by atoms with van der Waals surface area (Å²) in [4.78, 5) is 0. The Labute approximate surface area is 144 Å². The number of nitrogens with zero attached hydrogens (tertiary/aromatic N) is 2. The zero-order chi connectivity index (χ0) is 16.6. The lowest BCUT2D eigenvalue weighted by Gasteiger charge is -2.09. The first-order chi connectivity index (χ1) is 11.0. The molecule has 3 aromatic heterocycles. The van der Waals surface area contributed by atoms with Gasteiger partial charge in [-0.1, -0.05) is 23.2 Å². The van der Waals surface area contributed by atoms with Crippen LogP contribution in [0.4, 0.5) is 5.69 Å². The fourth-order valence-corrected chi connectivity index (χ4v) is 3.22. The first-order valence-electron chi connectivity index (χ1n) is 7.35. The number of furan rings is 1. The predicted octanol–water partition coefficient (Wildman–Crippen LogP) is 4.04. The molecule has 7 heteroatoms. The smallest absolute Gasteiger partial charge is 0.152 e. The van der Waals surface area contributed by atoms with E-state index < -0.39 is 0 Å².